The normalized spacial score (nSPS) is 45.0. The van der Waals surface area contributed by atoms with Crippen LogP contribution in [0.15, 0.2) is 11.3 Å². The summed E-state index contributed by atoms with van der Waals surface area (Å²) in [4.78, 5) is 0. The molecular weight excluding hydrogens is 260 g/mol. The first-order chi connectivity index (χ1) is 10.3. The highest BCUT2D eigenvalue weighted by atomic mass is 16.5. The lowest BCUT2D eigenvalue weighted by atomic mass is 9.53. The Hall–Kier alpha value is -0.500. The van der Waals surface area contributed by atoms with Crippen molar-refractivity contribution in [2.45, 2.75) is 63.9 Å². The minimum Gasteiger partial charge on any atom is -0.501 e. The van der Waals surface area contributed by atoms with Gasteiger partial charge in [0.1, 0.15) is 0 Å². The highest BCUT2D eigenvalue weighted by Gasteiger charge is 2.47. The minimum atomic E-state index is 0.450. The minimum absolute atomic E-state index is 0.450. The van der Waals surface area contributed by atoms with Crippen molar-refractivity contribution < 1.29 is 9.47 Å². The van der Waals surface area contributed by atoms with Crippen molar-refractivity contribution in [2.75, 3.05) is 14.2 Å². The summed E-state index contributed by atoms with van der Waals surface area (Å²) in [5.74, 6) is 5.81. The van der Waals surface area contributed by atoms with Crippen molar-refractivity contribution in [3.8, 4) is 0 Å². The first kappa shape index (κ1) is 14.1. The molecule has 2 unspecified atom stereocenters. The average molecular weight is 290 g/mol. The molecule has 5 aliphatic rings. The molecule has 0 aromatic carbocycles. The van der Waals surface area contributed by atoms with Gasteiger partial charge in [-0.25, -0.2) is 0 Å². The van der Waals surface area contributed by atoms with Gasteiger partial charge in [-0.1, -0.05) is 6.42 Å². The topological polar surface area (TPSA) is 18.5 Å². The summed E-state index contributed by atoms with van der Waals surface area (Å²) in [7, 11) is 3.79. The molecule has 0 amide bonds. The van der Waals surface area contributed by atoms with Gasteiger partial charge in [0.25, 0.3) is 0 Å². The van der Waals surface area contributed by atoms with Crippen LogP contribution in [-0.4, -0.2) is 20.3 Å². The average Bonchev–Trinajstić information content (AvgIpc) is 2.50. The Labute approximate surface area is 129 Å². The van der Waals surface area contributed by atoms with Crippen LogP contribution in [0.25, 0.3) is 0 Å². The zero-order valence-corrected chi connectivity index (χ0v) is 13.6. The molecule has 0 radical (unpaired) electrons. The second-order valence-corrected chi connectivity index (χ2v) is 8.05. The second-order valence-electron chi connectivity index (χ2n) is 8.05. The standard InChI is InChI=1S/C19H30O2/c1-20-17-5-3-4-14(11-17)19(21-2)18-15-7-12-6-13(9-15)10-16(18)8-12/h12-17H,3-11H2,1-2H3. The molecule has 5 aliphatic carbocycles. The Balaban J connectivity index is 1.62. The molecule has 0 aromatic heterocycles. The van der Waals surface area contributed by atoms with Gasteiger partial charge in [-0.05, 0) is 80.6 Å². The van der Waals surface area contributed by atoms with Gasteiger partial charge < -0.3 is 9.47 Å². The number of ether oxygens (including phenoxy) is 2. The number of rotatable bonds is 3. The highest BCUT2D eigenvalue weighted by Crippen LogP contribution is 2.58. The van der Waals surface area contributed by atoms with Crippen LogP contribution in [-0.2, 0) is 9.47 Å². The van der Waals surface area contributed by atoms with E-state index in [0.29, 0.717) is 12.0 Å². The molecule has 0 heterocycles. The fourth-order valence-corrected chi connectivity index (χ4v) is 6.21. The monoisotopic (exact) mass is 290 g/mol. The van der Waals surface area contributed by atoms with Gasteiger partial charge >= 0.3 is 0 Å². The molecule has 5 fully saturated rings. The van der Waals surface area contributed by atoms with E-state index in [-0.39, 0.29) is 0 Å². The van der Waals surface area contributed by atoms with Crippen LogP contribution in [0.4, 0.5) is 0 Å². The predicted molar refractivity (Wildman–Crippen MR) is 83.8 cm³/mol. The van der Waals surface area contributed by atoms with E-state index in [9.17, 15) is 0 Å². The largest absolute Gasteiger partial charge is 0.501 e. The molecule has 0 aliphatic heterocycles. The third-order valence-corrected chi connectivity index (χ3v) is 6.85. The van der Waals surface area contributed by atoms with Gasteiger partial charge in [0.15, 0.2) is 0 Å². The van der Waals surface area contributed by atoms with Crippen LogP contribution >= 0.6 is 0 Å². The van der Waals surface area contributed by atoms with E-state index in [2.05, 4.69) is 0 Å². The molecule has 21 heavy (non-hydrogen) atoms. The number of hydrogen-bond donors (Lipinski definition) is 0. The van der Waals surface area contributed by atoms with Crippen LogP contribution in [0.3, 0.4) is 0 Å². The third kappa shape index (κ3) is 2.44. The lowest BCUT2D eigenvalue weighted by molar-refractivity contribution is 0.0345. The van der Waals surface area contributed by atoms with Crippen LogP contribution in [0.5, 0.6) is 0 Å². The SMILES string of the molecule is COC(=C1C2CC3CC(C2)CC1C3)C1CCCC(OC)C1. The lowest BCUT2D eigenvalue weighted by Gasteiger charge is -2.52. The quantitative estimate of drug-likeness (QED) is 0.710. The predicted octanol–water partition coefficient (Wildman–Crippen LogP) is 4.55. The maximum atomic E-state index is 6.03. The third-order valence-electron chi connectivity index (χ3n) is 6.85. The van der Waals surface area contributed by atoms with Crippen LogP contribution in [0, 0.1) is 29.6 Å². The van der Waals surface area contributed by atoms with E-state index >= 15 is 0 Å². The Bertz CT molecular complexity index is 395. The summed E-state index contributed by atoms with van der Waals surface area (Å²) in [6.07, 6.45) is 12.8. The molecular formula is C19H30O2. The zero-order chi connectivity index (χ0) is 14.4. The van der Waals surface area contributed by atoms with Crippen LogP contribution < -0.4 is 0 Å². The van der Waals surface area contributed by atoms with Crippen molar-refractivity contribution in [3.05, 3.63) is 11.3 Å². The molecule has 0 spiro atoms. The zero-order valence-electron chi connectivity index (χ0n) is 13.6. The molecule has 5 saturated carbocycles. The van der Waals surface area contributed by atoms with E-state index in [4.69, 9.17) is 9.47 Å². The van der Waals surface area contributed by atoms with E-state index in [0.717, 1.165) is 23.7 Å². The molecule has 5 rings (SSSR count). The summed E-state index contributed by atoms with van der Waals surface area (Å²) >= 11 is 0. The first-order valence-electron chi connectivity index (χ1n) is 9.09. The molecule has 0 saturated heterocycles. The molecule has 0 aromatic rings. The van der Waals surface area contributed by atoms with E-state index in [1.54, 1.807) is 5.57 Å². The van der Waals surface area contributed by atoms with Crippen molar-refractivity contribution in [1.82, 2.24) is 0 Å². The first-order valence-corrected chi connectivity index (χ1v) is 9.09. The van der Waals surface area contributed by atoms with E-state index in [1.165, 1.54) is 63.5 Å². The molecule has 0 N–H and O–H groups in total. The van der Waals surface area contributed by atoms with Gasteiger partial charge in [-0.2, -0.15) is 0 Å². The molecule has 2 heteroatoms. The Morgan fingerprint density at radius 1 is 0.857 bits per heavy atom. The summed E-state index contributed by atoms with van der Waals surface area (Å²) in [6, 6.07) is 0. The fraction of sp³-hybridized carbons (Fsp3) is 0.895. The maximum Gasteiger partial charge on any atom is 0.0984 e. The summed E-state index contributed by atoms with van der Waals surface area (Å²) in [5.41, 5.74) is 1.76. The van der Waals surface area contributed by atoms with Gasteiger partial charge in [-0.15, -0.1) is 0 Å². The molecule has 2 nitrogen and oxygen atoms in total. The summed E-state index contributed by atoms with van der Waals surface area (Å²) in [5, 5.41) is 0. The van der Waals surface area contributed by atoms with Crippen molar-refractivity contribution in [3.63, 3.8) is 0 Å². The smallest absolute Gasteiger partial charge is 0.0984 e. The summed E-state index contributed by atoms with van der Waals surface area (Å²) < 4.78 is 11.7. The molecule has 118 valence electrons. The molecule has 4 bridgehead atoms. The number of allylic oxidation sites excluding steroid dienone is 2. The Morgan fingerprint density at radius 3 is 2.10 bits per heavy atom. The number of hydrogen-bond acceptors (Lipinski definition) is 2. The fourth-order valence-electron chi connectivity index (χ4n) is 6.21. The van der Waals surface area contributed by atoms with E-state index < -0.39 is 0 Å². The van der Waals surface area contributed by atoms with Crippen LogP contribution in [0.2, 0.25) is 0 Å². The Kier molecular flexibility index (Phi) is 3.77. The van der Waals surface area contributed by atoms with Crippen molar-refractivity contribution in [1.29, 1.82) is 0 Å². The van der Waals surface area contributed by atoms with Gasteiger partial charge in [-0.3, -0.25) is 0 Å². The van der Waals surface area contributed by atoms with E-state index in [1.807, 2.05) is 14.2 Å². The Morgan fingerprint density at radius 2 is 1.52 bits per heavy atom. The maximum absolute atomic E-state index is 6.03. The van der Waals surface area contributed by atoms with Gasteiger partial charge in [0.2, 0.25) is 0 Å². The molecule has 2 atom stereocenters. The van der Waals surface area contributed by atoms with Gasteiger partial charge in [0, 0.05) is 13.0 Å². The van der Waals surface area contributed by atoms with Crippen LogP contribution in [0.1, 0.15) is 57.8 Å². The lowest BCUT2D eigenvalue weighted by Crippen LogP contribution is -2.41. The second kappa shape index (κ2) is 5.61. The summed E-state index contributed by atoms with van der Waals surface area (Å²) in [6.45, 7) is 0. The number of methoxy groups -OCH3 is 2. The van der Waals surface area contributed by atoms with Crippen molar-refractivity contribution >= 4 is 0 Å². The highest BCUT2D eigenvalue weighted by molar-refractivity contribution is 5.25. The van der Waals surface area contributed by atoms with Crippen molar-refractivity contribution in [2.24, 2.45) is 29.6 Å². The van der Waals surface area contributed by atoms with Gasteiger partial charge in [0.05, 0.1) is 19.0 Å².